The quantitative estimate of drug-likeness (QED) is 0.795. The molecule has 0 radical (unpaired) electrons. The molecule has 6 nitrogen and oxygen atoms in total. The van der Waals surface area contributed by atoms with E-state index in [9.17, 15) is 9.59 Å². The van der Waals surface area contributed by atoms with Gasteiger partial charge in [-0.3, -0.25) is 9.59 Å². The SMILES string of the molecule is CNC(=O)C1CN(C(=O)COc2ccc(Br)cc2Cl)c2ccccc2O1. The number of halogens is 2. The molecule has 1 aliphatic heterocycles. The first-order chi connectivity index (χ1) is 12.5. The van der Waals surface area contributed by atoms with Crippen LogP contribution in [0.1, 0.15) is 0 Å². The first-order valence-electron chi connectivity index (χ1n) is 7.85. The van der Waals surface area contributed by atoms with Crippen LogP contribution >= 0.6 is 27.5 Å². The zero-order chi connectivity index (χ0) is 18.7. The number of rotatable bonds is 4. The Balaban J connectivity index is 1.77. The van der Waals surface area contributed by atoms with E-state index in [0.717, 1.165) is 4.47 Å². The summed E-state index contributed by atoms with van der Waals surface area (Å²) in [6.07, 6.45) is -0.782. The fraction of sp³-hybridized carbons (Fsp3) is 0.222. The van der Waals surface area contributed by atoms with Gasteiger partial charge in [-0.25, -0.2) is 0 Å². The number of benzene rings is 2. The van der Waals surface area contributed by atoms with Crippen molar-refractivity contribution in [3.05, 3.63) is 52.0 Å². The van der Waals surface area contributed by atoms with Crippen molar-refractivity contribution < 1.29 is 19.1 Å². The predicted molar refractivity (Wildman–Crippen MR) is 102 cm³/mol. The van der Waals surface area contributed by atoms with Gasteiger partial charge in [0.15, 0.2) is 12.7 Å². The van der Waals surface area contributed by atoms with Gasteiger partial charge in [-0.2, -0.15) is 0 Å². The number of fused-ring (bicyclic) bond motifs is 1. The maximum absolute atomic E-state index is 12.7. The fourth-order valence-electron chi connectivity index (χ4n) is 2.58. The van der Waals surface area contributed by atoms with Crippen molar-refractivity contribution in [2.45, 2.75) is 6.10 Å². The topological polar surface area (TPSA) is 67.9 Å². The van der Waals surface area contributed by atoms with Crippen molar-refractivity contribution in [3.63, 3.8) is 0 Å². The third-order valence-corrected chi connectivity index (χ3v) is 4.65. The molecule has 1 unspecified atom stereocenters. The minimum atomic E-state index is -0.782. The molecule has 0 bridgehead atoms. The van der Waals surface area contributed by atoms with Crippen LogP contribution in [-0.4, -0.2) is 38.1 Å². The molecule has 3 rings (SSSR count). The highest BCUT2D eigenvalue weighted by Gasteiger charge is 2.33. The number of amides is 2. The van der Waals surface area contributed by atoms with E-state index in [1.54, 1.807) is 42.5 Å². The highest BCUT2D eigenvalue weighted by atomic mass is 79.9. The molecule has 1 aliphatic rings. The molecule has 1 atom stereocenters. The largest absolute Gasteiger partial charge is 0.482 e. The lowest BCUT2D eigenvalue weighted by Crippen LogP contribution is -2.51. The summed E-state index contributed by atoms with van der Waals surface area (Å²) in [4.78, 5) is 26.2. The number of carbonyl (C=O) groups excluding carboxylic acids is 2. The molecule has 0 aliphatic carbocycles. The molecule has 0 saturated carbocycles. The van der Waals surface area contributed by atoms with Crippen LogP contribution in [0.3, 0.4) is 0 Å². The van der Waals surface area contributed by atoms with E-state index in [1.165, 1.54) is 11.9 Å². The van der Waals surface area contributed by atoms with E-state index in [1.807, 2.05) is 0 Å². The van der Waals surface area contributed by atoms with Crippen molar-refractivity contribution in [1.29, 1.82) is 0 Å². The Labute approximate surface area is 164 Å². The first-order valence-corrected chi connectivity index (χ1v) is 9.02. The molecule has 136 valence electrons. The molecule has 2 aromatic carbocycles. The zero-order valence-electron chi connectivity index (χ0n) is 13.9. The zero-order valence-corrected chi connectivity index (χ0v) is 16.2. The van der Waals surface area contributed by atoms with E-state index in [2.05, 4.69) is 21.2 Å². The first kappa shape index (κ1) is 18.5. The van der Waals surface area contributed by atoms with Gasteiger partial charge in [0.05, 0.1) is 17.3 Å². The van der Waals surface area contributed by atoms with Crippen LogP contribution < -0.4 is 19.7 Å². The second kappa shape index (κ2) is 7.97. The fourth-order valence-corrected chi connectivity index (χ4v) is 3.31. The summed E-state index contributed by atoms with van der Waals surface area (Å²) < 4.78 is 12.1. The van der Waals surface area contributed by atoms with Gasteiger partial charge < -0.3 is 19.7 Å². The summed E-state index contributed by atoms with van der Waals surface area (Å²) >= 11 is 9.43. The van der Waals surface area contributed by atoms with E-state index in [4.69, 9.17) is 21.1 Å². The minimum absolute atomic E-state index is 0.104. The van der Waals surface area contributed by atoms with Gasteiger partial charge in [-0.05, 0) is 30.3 Å². The molecule has 1 heterocycles. The summed E-state index contributed by atoms with van der Waals surface area (Å²) in [5, 5.41) is 2.94. The average molecular weight is 440 g/mol. The number of ether oxygens (including phenoxy) is 2. The van der Waals surface area contributed by atoms with Gasteiger partial charge in [0.25, 0.3) is 11.8 Å². The average Bonchev–Trinajstić information content (AvgIpc) is 2.65. The number of likely N-dealkylation sites (N-methyl/N-ethyl adjacent to an activating group) is 1. The second-order valence-corrected chi connectivity index (χ2v) is 6.88. The molecule has 2 aromatic rings. The Morgan fingerprint density at radius 1 is 1.35 bits per heavy atom. The molecular weight excluding hydrogens is 424 g/mol. The minimum Gasteiger partial charge on any atom is -0.482 e. The normalized spacial score (nSPS) is 15.7. The van der Waals surface area contributed by atoms with E-state index < -0.39 is 6.10 Å². The number of para-hydroxylation sites is 2. The maximum Gasteiger partial charge on any atom is 0.265 e. The summed E-state index contributed by atoms with van der Waals surface area (Å²) in [5.74, 6) is 0.290. The summed E-state index contributed by atoms with van der Waals surface area (Å²) in [6.45, 7) is -0.108. The third-order valence-electron chi connectivity index (χ3n) is 3.86. The van der Waals surface area contributed by atoms with Crippen LogP contribution in [0, 0.1) is 0 Å². The van der Waals surface area contributed by atoms with Crippen molar-refractivity contribution in [2.75, 3.05) is 25.1 Å². The molecule has 0 spiro atoms. The van der Waals surface area contributed by atoms with Crippen LogP contribution in [0.25, 0.3) is 0 Å². The smallest absolute Gasteiger partial charge is 0.265 e. The molecule has 26 heavy (non-hydrogen) atoms. The summed E-state index contributed by atoms with van der Waals surface area (Å²) in [5.41, 5.74) is 0.600. The van der Waals surface area contributed by atoms with E-state index >= 15 is 0 Å². The highest BCUT2D eigenvalue weighted by Crippen LogP contribution is 2.33. The molecular formula is C18H16BrClN2O4. The van der Waals surface area contributed by atoms with Gasteiger partial charge in [0.1, 0.15) is 11.5 Å². The van der Waals surface area contributed by atoms with Gasteiger partial charge in [-0.1, -0.05) is 39.7 Å². The Morgan fingerprint density at radius 2 is 2.12 bits per heavy atom. The molecule has 0 aromatic heterocycles. The molecule has 8 heteroatoms. The van der Waals surface area contributed by atoms with E-state index in [-0.39, 0.29) is 25.0 Å². The predicted octanol–water partition coefficient (Wildman–Crippen LogP) is 3.02. The van der Waals surface area contributed by atoms with Crippen LogP contribution in [-0.2, 0) is 9.59 Å². The number of nitrogens with zero attached hydrogens (tertiary/aromatic N) is 1. The molecule has 0 saturated heterocycles. The van der Waals surface area contributed by atoms with Gasteiger partial charge >= 0.3 is 0 Å². The maximum atomic E-state index is 12.7. The van der Waals surface area contributed by atoms with Crippen LogP contribution in [0.5, 0.6) is 11.5 Å². The molecule has 0 fully saturated rings. The third kappa shape index (κ3) is 3.94. The van der Waals surface area contributed by atoms with Gasteiger partial charge in [0, 0.05) is 11.5 Å². The Morgan fingerprint density at radius 3 is 2.85 bits per heavy atom. The lowest BCUT2D eigenvalue weighted by atomic mass is 10.1. The number of anilines is 1. The van der Waals surface area contributed by atoms with Gasteiger partial charge in [0.2, 0.25) is 0 Å². The Hall–Kier alpha value is -2.25. The number of carbonyl (C=O) groups is 2. The number of nitrogens with one attached hydrogen (secondary N) is 1. The molecule has 2 amide bonds. The lowest BCUT2D eigenvalue weighted by molar-refractivity contribution is -0.128. The monoisotopic (exact) mass is 438 g/mol. The van der Waals surface area contributed by atoms with Crippen molar-refractivity contribution in [1.82, 2.24) is 5.32 Å². The van der Waals surface area contributed by atoms with Gasteiger partial charge in [-0.15, -0.1) is 0 Å². The van der Waals surface area contributed by atoms with Crippen LogP contribution in [0.4, 0.5) is 5.69 Å². The van der Waals surface area contributed by atoms with E-state index in [0.29, 0.717) is 22.2 Å². The van der Waals surface area contributed by atoms with Crippen LogP contribution in [0.15, 0.2) is 46.9 Å². The number of hydrogen-bond donors (Lipinski definition) is 1. The highest BCUT2D eigenvalue weighted by molar-refractivity contribution is 9.10. The Kier molecular flexibility index (Phi) is 5.68. The lowest BCUT2D eigenvalue weighted by Gasteiger charge is -2.33. The number of hydrogen-bond acceptors (Lipinski definition) is 4. The summed E-state index contributed by atoms with van der Waals surface area (Å²) in [6, 6.07) is 12.2. The second-order valence-electron chi connectivity index (χ2n) is 5.56. The van der Waals surface area contributed by atoms with Crippen LogP contribution in [0.2, 0.25) is 5.02 Å². The standard InChI is InChI=1S/C18H16BrClN2O4/c1-21-18(24)16-9-22(13-4-2-3-5-15(13)26-16)17(23)10-25-14-7-6-11(19)8-12(14)20/h2-8,16H,9-10H2,1H3,(H,21,24). The summed E-state index contributed by atoms with van der Waals surface area (Å²) in [7, 11) is 1.52. The Bertz CT molecular complexity index is 846. The van der Waals surface area contributed by atoms with Crippen molar-refractivity contribution in [2.24, 2.45) is 0 Å². The van der Waals surface area contributed by atoms with Crippen molar-refractivity contribution in [3.8, 4) is 11.5 Å². The van der Waals surface area contributed by atoms with Crippen molar-refractivity contribution >= 4 is 45.0 Å². The molecule has 1 N–H and O–H groups in total.